The van der Waals surface area contributed by atoms with E-state index in [2.05, 4.69) is 5.32 Å². The van der Waals surface area contributed by atoms with Crippen LogP contribution < -0.4 is 9.62 Å². The van der Waals surface area contributed by atoms with Crippen LogP contribution in [0.1, 0.15) is 27.0 Å². The Labute approximate surface area is 167 Å². The Hall–Kier alpha value is -2.97. The highest BCUT2D eigenvalue weighted by Crippen LogP contribution is 2.26. The van der Waals surface area contributed by atoms with E-state index in [0.29, 0.717) is 16.9 Å². The number of anilines is 2. The Morgan fingerprint density at radius 1 is 1.00 bits per heavy atom. The average Bonchev–Trinajstić information content (AvgIpc) is 3.20. The second kappa shape index (κ2) is 7.95. The van der Waals surface area contributed by atoms with Crippen LogP contribution in [0.15, 0.2) is 70.9 Å². The minimum atomic E-state index is -3.77. The molecule has 0 aliphatic rings. The molecule has 0 atom stereocenters. The van der Waals surface area contributed by atoms with Gasteiger partial charge in [0.15, 0.2) is 5.78 Å². The fraction of sp³-hybridized carbons (Fsp3) is 0.100. The Bertz CT molecular complexity index is 1100. The molecule has 144 valence electrons. The maximum Gasteiger partial charge on any atom is 0.265 e. The molecular formula is C20H18N2O4S2. The quantitative estimate of drug-likeness (QED) is 0.617. The summed E-state index contributed by atoms with van der Waals surface area (Å²) in [6, 6.07) is 16.6. The fourth-order valence-corrected chi connectivity index (χ4v) is 4.84. The van der Waals surface area contributed by atoms with E-state index < -0.39 is 15.9 Å². The SMILES string of the molecule is CC(=O)c1ccc(NC(=O)c2cc(S(=O)(=O)N(C)c3ccccc3)cs2)cc1. The van der Waals surface area contributed by atoms with Crippen molar-refractivity contribution in [2.75, 3.05) is 16.7 Å². The molecule has 1 N–H and O–H groups in total. The highest BCUT2D eigenvalue weighted by molar-refractivity contribution is 7.93. The molecule has 0 bridgehead atoms. The van der Waals surface area contributed by atoms with Gasteiger partial charge in [0, 0.05) is 23.7 Å². The molecule has 0 saturated carbocycles. The summed E-state index contributed by atoms with van der Waals surface area (Å²) in [6.07, 6.45) is 0. The van der Waals surface area contributed by atoms with E-state index in [0.717, 1.165) is 11.3 Å². The lowest BCUT2D eigenvalue weighted by Crippen LogP contribution is -2.26. The second-order valence-electron chi connectivity index (χ2n) is 6.04. The number of hydrogen-bond donors (Lipinski definition) is 1. The predicted octanol–water partition coefficient (Wildman–Crippen LogP) is 4.03. The number of carbonyl (C=O) groups is 2. The van der Waals surface area contributed by atoms with Crippen molar-refractivity contribution >= 4 is 44.4 Å². The van der Waals surface area contributed by atoms with Crippen LogP contribution in [-0.2, 0) is 10.0 Å². The van der Waals surface area contributed by atoms with Crippen LogP contribution in [0.5, 0.6) is 0 Å². The maximum atomic E-state index is 12.8. The summed E-state index contributed by atoms with van der Waals surface area (Å²) in [5, 5.41) is 4.15. The van der Waals surface area contributed by atoms with Gasteiger partial charge in [-0.15, -0.1) is 11.3 Å². The van der Waals surface area contributed by atoms with Crippen LogP contribution in [-0.4, -0.2) is 27.2 Å². The highest BCUT2D eigenvalue weighted by Gasteiger charge is 2.24. The van der Waals surface area contributed by atoms with Gasteiger partial charge in [0.1, 0.15) is 0 Å². The van der Waals surface area contributed by atoms with Crippen LogP contribution in [0.3, 0.4) is 0 Å². The van der Waals surface area contributed by atoms with Crippen molar-refractivity contribution in [2.45, 2.75) is 11.8 Å². The summed E-state index contributed by atoms with van der Waals surface area (Å²) < 4.78 is 26.8. The van der Waals surface area contributed by atoms with E-state index in [-0.39, 0.29) is 15.6 Å². The van der Waals surface area contributed by atoms with E-state index in [4.69, 9.17) is 0 Å². The third kappa shape index (κ3) is 4.13. The Balaban J connectivity index is 1.77. The summed E-state index contributed by atoms with van der Waals surface area (Å²) in [6.45, 7) is 1.47. The van der Waals surface area contributed by atoms with Crippen molar-refractivity contribution in [2.24, 2.45) is 0 Å². The molecular weight excluding hydrogens is 396 g/mol. The Morgan fingerprint density at radius 2 is 1.64 bits per heavy atom. The lowest BCUT2D eigenvalue weighted by molar-refractivity contribution is 0.101. The summed E-state index contributed by atoms with van der Waals surface area (Å²) in [5.41, 5.74) is 1.60. The number of benzene rings is 2. The van der Waals surface area contributed by atoms with E-state index in [9.17, 15) is 18.0 Å². The number of nitrogens with one attached hydrogen (secondary N) is 1. The van der Waals surface area contributed by atoms with E-state index in [1.807, 2.05) is 0 Å². The van der Waals surface area contributed by atoms with Crippen LogP contribution in [0, 0.1) is 0 Å². The molecule has 3 aromatic rings. The standard InChI is InChI=1S/C20H18N2O4S2/c1-14(23)15-8-10-16(11-9-15)21-20(24)19-12-18(13-27-19)28(25,26)22(2)17-6-4-3-5-7-17/h3-13H,1-2H3,(H,21,24). The lowest BCUT2D eigenvalue weighted by atomic mass is 10.1. The molecule has 0 fully saturated rings. The van der Waals surface area contributed by atoms with Gasteiger partial charge >= 0.3 is 0 Å². The third-order valence-electron chi connectivity index (χ3n) is 4.13. The maximum absolute atomic E-state index is 12.8. The number of sulfonamides is 1. The summed E-state index contributed by atoms with van der Waals surface area (Å²) >= 11 is 1.05. The Kier molecular flexibility index (Phi) is 5.62. The average molecular weight is 415 g/mol. The molecule has 2 aromatic carbocycles. The van der Waals surface area contributed by atoms with Crippen molar-refractivity contribution in [1.29, 1.82) is 0 Å². The number of carbonyl (C=O) groups excluding carboxylic acids is 2. The van der Waals surface area contributed by atoms with Gasteiger partial charge in [-0.2, -0.15) is 0 Å². The smallest absolute Gasteiger partial charge is 0.265 e. The van der Waals surface area contributed by atoms with E-state index in [1.165, 1.54) is 29.7 Å². The van der Waals surface area contributed by atoms with E-state index in [1.54, 1.807) is 54.6 Å². The molecule has 1 amide bonds. The molecule has 0 aliphatic heterocycles. The van der Waals surface area contributed by atoms with E-state index >= 15 is 0 Å². The second-order valence-corrected chi connectivity index (χ2v) is 8.92. The van der Waals surface area contributed by atoms with Gasteiger partial charge < -0.3 is 5.32 Å². The summed E-state index contributed by atoms with van der Waals surface area (Å²) in [7, 11) is -2.30. The van der Waals surface area contributed by atoms with Crippen LogP contribution >= 0.6 is 11.3 Å². The molecule has 1 aromatic heterocycles. The minimum absolute atomic E-state index is 0.0564. The number of hydrogen-bond acceptors (Lipinski definition) is 5. The first-order valence-electron chi connectivity index (χ1n) is 8.34. The number of thiophene rings is 1. The fourth-order valence-electron chi connectivity index (χ4n) is 2.49. The predicted molar refractivity (Wildman–Crippen MR) is 111 cm³/mol. The largest absolute Gasteiger partial charge is 0.321 e. The zero-order valence-corrected chi connectivity index (χ0v) is 16.9. The van der Waals surface area contributed by atoms with Crippen LogP contribution in [0.4, 0.5) is 11.4 Å². The van der Waals surface area contributed by atoms with Crippen molar-refractivity contribution < 1.29 is 18.0 Å². The van der Waals surface area contributed by atoms with Crippen LogP contribution in [0.2, 0.25) is 0 Å². The third-order valence-corrected chi connectivity index (χ3v) is 6.97. The Morgan fingerprint density at radius 3 is 2.25 bits per heavy atom. The zero-order valence-electron chi connectivity index (χ0n) is 15.2. The number of nitrogens with zero attached hydrogens (tertiary/aromatic N) is 1. The van der Waals surface area contributed by atoms with Crippen molar-refractivity contribution in [1.82, 2.24) is 0 Å². The van der Waals surface area contributed by atoms with Crippen molar-refractivity contribution in [3.8, 4) is 0 Å². The highest BCUT2D eigenvalue weighted by atomic mass is 32.2. The molecule has 3 rings (SSSR count). The molecule has 1 heterocycles. The molecule has 28 heavy (non-hydrogen) atoms. The monoisotopic (exact) mass is 414 g/mol. The van der Waals surface area contributed by atoms with Gasteiger partial charge in [-0.3, -0.25) is 13.9 Å². The lowest BCUT2D eigenvalue weighted by Gasteiger charge is -2.18. The molecule has 0 spiro atoms. The van der Waals surface area contributed by atoms with Crippen molar-refractivity contribution in [3.63, 3.8) is 0 Å². The normalized spacial score (nSPS) is 11.1. The number of para-hydroxylation sites is 1. The first-order valence-corrected chi connectivity index (χ1v) is 10.7. The van der Waals surface area contributed by atoms with Crippen LogP contribution in [0.25, 0.3) is 0 Å². The zero-order chi connectivity index (χ0) is 20.3. The topological polar surface area (TPSA) is 83.5 Å². The number of Topliss-reactive ketones (excluding diaryl/α,β-unsaturated/α-hetero) is 1. The molecule has 0 unspecified atom stereocenters. The van der Waals surface area contributed by atoms with Gasteiger partial charge in [0.25, 0.3) is 15.9 Å². The first-order chi connectivity index (χ1) is 13.3. The number of rotatable bonds is 6. The molecule has 6 nitrogen and oxygen atoms in total. The van der Waals surface area contributed by atoms with Gasteiger partial charge in [0.05, 0.1) is 15.5 Å². The van der Waals surface area contributed by atoms with Crippen molar-refractivity contribution in [3.05, 3.63) is 76.5 Å². The van der Waals surface area contributed by atoms with Gasteiger partial charge in [-0.05, 0) is 49.4 Å². The molecule has 0 radical (unpaired) electrons. The molecule has 0 aliphatic carbocycles. The van der Waals surface area contributed by atoms with Gasteiger partial charge in [0.2, 0.25) is 0 Å². The first kappa shape index (κ1) is 19.8. The summed E-state index contributed by atoms with van der Waals surface area (Å²) in [5.74, 6) is -0.474. The number of amides is 1. The van der Waals surface area contributed by atoms with Gasteiger partial charge in [-0.25, -0.2) is 8.42 Å². The number of ketones is 1. The van der Waals surface area contributed by atoms with Gasteiger partial charge in [-0.1, -0.05) is 18.2 Å². The minimum Gasteiger partial charge on any atom is -0.321 e. The summed E-state index contributed by atoms with van der Waals surface area (Å²) in [4.78, 5) is 24.1. The molecule has 8 heteroatoms. The molecule has 0 saturated heterocycles.